The van der Waals surface area contributed by atoms with Crippen molar-refractivity contribution < 1.29 is 18.8 Å². The molecule has 1 aromatic carbocycles. The molecule has 0 aliphatic carbocycles. The summed E-state index contributed by atoms with van der Waals surface area (Å²) in [5.41, 5.74) is 0.345. The molecule has 0 bridgehead atoms. The molecule has 3 rings (SSSR count). The number of methoxy groups -OCH3 is 1. The molecule has 2 heterocycles. The number of fused-ring (bicyclic) bond motifs is 1. The van der Waals surface area contributed by atoms with E-state index in [-0.39, 0.29) is 12.0 Å². The predicted octanol–water partition coefficient (Wildman–Crippen LogP) is 2.59. The number of aryl methyl sites for hydroxylation is 1. The number of rotatable bonds is 2. The Labute approximate surface area is 139 Å². The number of aromatic nitrogens is 2. The zero-order chi connectivity index (χ0) is 17.3. The van der Waals surface area contributed by atoms with Gasteiger partial charge in [0.05, 0.1) is 20.2 Å². The van der Waals surface area contributed by atoms with Crippen LogP contribution in [0.2, 0.25) is 0 Å². The van der Waals surface area contributed by atoms with Gasteiger partial charge in [-0.15, -0.1) is 0 Å². The molecule has 0 atom stereocenters. The second kappa shape index (κ2) is 6.03. The Hall–Kier alpha value is -2.77. The summed E-state index contributed by atoms with van der Waals surface area (Å²) >= 11 is 0. The molecular formula is C16H20N4O4. The number of carbonyl (C=O) groups is 1. The highest BCUT2D eigenvalue weighted by atomic mass is 16.5. The van der Waals surface area contributed by atoms with E-state index in [4.69, 9.17) is 14.0 Å². The van der Waals surface area contributed by atoms with E-state index in [1.165, 1.54) is 0 Å². The van der Waals surface area contributed by atoms with E-state index in [2.05, 4.69) is 15.5 Å². The summed E-state index contributed by atoms with van der Waals surface area (Å²) in [5, 5.41) is 6.28. The SMILES string of the molecule is COc1ccc2c(c1)OC(C)(C)CN(C(=O)Nc1nc(C)no1)C2. The zero-order valence-corrected chi connectivity index (χ0v) is 14.1. The minimum Gasteiger partial charge on any atom is -0.497 e. The van der Waals surface area contributed by atoms with Crippen molar-refractivity contribution >= 4 is 12.0 Å². The first kappa shape index (κ1) is 16.1. The third kappa shape index (κ3) is 3.42. The van der Waals surface area contributed by atoms with Crippen molar-refractivity contribution in [3.63, 3.8) is 0 Å². The van der Waals surface area contributed by atoms with Gasteiger partial charge in [0.15, 0.2) is 5.82 Å². The summed E-state index contributed by atoms with van der Waals surface area (Å²) in [5.74, 6) is 1.88. The summed E-state index contributed by atoms with van der Waals surface area (Å²) in [4.78, 5) is 18.2. The molecule has 0 spiro atoms. The van der Waals surface area contributed by atoms with Crippen molar-refractivity contribution in [2.45, 2.75) is 32.9 Å². The van der Waals surface area contributed by atoms with Crippen molar-refractivity contribution in [1.82, 2.24) is 15.0 Å². The smallest absolute Gasteiger partial charge is 0.329 e. The number of anilines is 1. The highest BCUT2D eigenvalue weighted by molar-refractivity contribution is 5.87. The number of nitrogens with zero attached hydrogens (tertiary/aromatic N) is 3. The first-order valence-electron chi connectivity index (χ1n) is 7.58. The molecule has 2 amide bonds. The van der Waals surface area contributed by atoms with Crippen LogP contribution in [0.15, 0.2) is 22.7 Å². The van der Waals surface area contributed by atoms with E-state index in [0.717, 1.165) is 5.56 Å². The molecule has 2 aromatic rings. The first-order chi connectivity index (χ1) is 11.4. The van der Waals surface area contributed by atoms with Crippen molar-refractivity contribution in [3.05, 3.63) is 29.6 Å². The highest BCUT2D eigenvalue weighted by Gasteiger charge is 2.32. The Morgan fingerprint density at radius 2 is 2.21 bits per heavy atom. The fourth-order valence-electron chi connectivity index (χ4n) is 2.60. The van der Waals surface area contributed by atoms with Gasteiger partial charge in [0.1, 0.15) is 17.1 Å². The number of benzene rings is 1. The molecule has 8 heteroatoms. The first-order valence-corrected chi connectivity index (χ1v) is 7.58. The van der Waals surface area contributed by atoms with E-state index in [1.807, 2.05) is 32.0 Å². The van der Waals surface area contributed by atoms with Gasteiger partial charge < -0.3 is 18.9 Å². The van der Waals surface area contributed by atoms with Gasteiger partial charge in [0.25, 0.3) is 0 Å². The third-order valence-electron chi connectivity index (χ3n) is 3.62. The highest BCUT2D eigenvalue weighted by Crippen LogP contribution is 2.32. The predicted molar refractivity (Wildman–Crippen MR) is 86.2 cm³/mol. The van der Waals surface area contributed by atoms with Gasteiger partial charge in [-0.05, 0) is 32.9 Å². The van der Waals surface area contributed by atoms with Crippen LogP contribution in [-0.2, 0) is 6.54 Å². The number of amides is 2. The Morgan fingerprint density at radius 1 is 1.42 bits per heavy atom. The van der Waals surface area contributed by atoms with Crippen LogP contribution in [0.5, 0.6) is 11.5 Å². The largest absolute Gasteiger partial charge is 0.497 e. The van der Waals surface area contributed by atoms with Crippen LogP contribution in [0.1, 0.15) is 25.2 Å². The van der Waals surface area contributed by atoms with Crippen LogP contribution in [0.25, 0.3) is 0 Å². The summed E-state index contributed by atoms with van der Waals surface area (Å²) in [6.07, 6.45) is 0. The summed E-state index contributed by atoms with van der Waals surface area (Å²) in [6.45, 7) is 6.35. The van der Waals surface area contributed by atoms with Crippen LogP contribution < -0.4 is 14.8 Å². The molecule has 0 fully saturated rings. The Morgan fingerprint density at radius 3 is 2.88 bits per heavy atom. The number of hydrogen-bond donors (Lipinski definition) is 1. The van der Waals surface area contributed by atoms with Crippen molar-refractivity contribution in [2.24, 2.45) is 0 Å². The molecule has 1 N–H and O–H groups in total. The zero-order valence-electron chi connectivity index (χ0n) is 14.1. The average molecular weight is 332 g/mol. The third-order valence-corrected chi connectivity index (χ3v) is 3.62. The maximum atomic E-state index is 12.6. The number of ether oxygens (including phenoxy) is 2. The molecule has 0 saturated heterocycles. The van der Waals surface area contributed by atoms with E-state index >= 15 is 0 Å². The van der Waals surface area contributed by atoms with Crippen molar-refractivity contribution in [3.8, 4) is 11.5 Å². The van der Waals surface area contributed by atoms with Gasteiger partial charge >= 0.3 is 12.0 Å². The van der Waals surface area contributed by atoms with Gasteiger partial charge in [-0.25, -0.2) is 4.79 Å². The lowest BCUT2D eigenvalue weighted by Gasteiger charge is -2.29. The molecule has 128 valence electrons. The van der Waals surface area contributed by atoms with Crippen molar-refractivity contribution in [1.29, 1.82) is 0 Å². The number of carbonyl (C=O) groups excluding carboxylic acids is 1. The summed E-state index contributed by atoms with van der Waals surface area (Å²) in [7, 11) is 1.61. The van der Waals surface area contributed by atoms with E-state index < -0.39 is 5.60 Å². The monoisotopic (exact) mass is 332 g/mol. The Balaban J connectivity index is 1.84. The van der Waals surface area contributed by atoms with Crippen LogP contribution >= 0.6 is 0 Å². The van der Waals surface area contributed by atoms with E-state index in [0.29, 0.717) is 30.4 Å². The van der Waals surface area contributed by atoms with Crippen molar-refractivity contribution in [2.75, 3.05) is 19.0 Å². The minimum atomic E-state index is -0.556. The Kier molecular flexibility index (Phi) is 4.04. The minimum absolute atomic E-state index is 0.0791. The second-order valence-corrected chi connectivity index (χ2v) is 6.27. The number of nitrogens with one attached hydrogen (secondary N) is 1. The van der Waals surface area contributed by atoms with Crippen LogP contribution in [0, 0.1) is 6.92 Å². The van der Waals surface area contributed by atoms with Crippen LogP contribution in [-0.4, -0.2) is 40.3 Å². The normalized spacial score (nSPS) is 15.9. The lowest BCUT2D eigenvalue weighted by Crippen LogP contribution is -2.44. The molecule has 1 aliphatic heterocycles. The molecule has 0 saturated carbocycles. The molecule has 0 radical (unpaired) electrons. The van der Waals surface area contributed by atoms with E-state index in [9.17, 15) is 4.79 Å². The quantitative estimate of drug-likeness (QED) is 0.909. The van der Waals surface area contributed by atoms with Gasteiger partial charge in [-0.1, -0.05) is 5.16 Å². The van der Waals surface area contributed by atoms with E-state index in [1.54, 1.807) is 18.9 Å². The fraction of sp³-hybridized carbons (Fsp3) is 0.438. The number of urea groups is 1. The second-order valence-electron chi connectivity index (χ2n) is 6.27. The Bertz CT molecular complexity index is 756. The van der Waals surface area contributed by atoms with Gasteiger partial charge in [-0.2, -0.15) is 4.98 Å². The summed E-state index contributed by atoms with van der Waals surface area (Å²) in [6, 6.07) is 5.33. The molecule has 24 heavy (non-hydrogen) atoms. The van der Waals surface area contributed by atoms with Gasteiger partial charge in [-0.3, -0.25) is 5.32 Å². The molecule has 1 aliphatic rings. The number of hydrogen-bond acceptors (Lipinski definition) is 6. The molecule has 0 unspecified atom stereocenters. The summed E-state index contributed by atoms with van der Waals surface area (Å²) < 4.78 is 16.3. The maximum absolute atomic E-state index is 12.6. The lowest BCUT2D eigenvalue weighted by molar-refractivity contribution is 0.0831. The molecule has 8 nitrogen and oxygen atoms in total. The van der Waals surface area contributed by atoms with Gasteiger partial charge in [0, 0.05) is 11.6 Å². The van der Waals surface area contributed by atoms with Gasteiger partial charge in [0.2, 0.25) is 0 Å². The average Bonchev–Trinajstić information content (AvgIpc) is 2.85. The molecular weight excluding hydrogens is 312 g/mol. The fourth-order valence-corrected chi connectivity index (χ4v) is 2.60. The molecule has 1 aromatic heterocycles. The van der Waals surface area contributed by atoms with Crippen LogP contribution in [0.3, 0.4) is 0 Å². The topological polar surface area (TPSA) is 89.7 Å². The maximum Gasteiger partial charge on any atom is 0.329 e. The lowest BCUT2D eigenvalue weighted by atomic mass is 10.1. The van der Waals surface area contributed by atoms with Crippen LogP contribution in [0.4, 0.5) is 10.8 Å². The standard InChI is InChI=1S/C16H20N4O4/c1-10-17-14(24-19-10)18-15(21)20-8-11-5-6-12(22-4)7-13(11)23-16(2,3)9-20/h5-7H,8-9H2,1-4H3,(H,17,18,19,21).